The number of hydrogen-bond donors (Lipinski definition) is 2. The first-order chi connectivity index (χ1) is 18.7. The minimum absolute atomic E-state index is 0. The van der Waals surface area contributed by atoms with Gasteiger partial charge in [0.1, 0.15) is 5.82 Å². The smallest absolute Gasteiger partial charge is 0.256 e. The van der Waals surface area contributed by atoms with Crippen LogP contribution in [0, 0.1) is 12.7 Å². The summed E-state index contributed by atoms with van der Waals surface area (Å²) >= 11 is 0. The molecule has 1 heterocycles. The van der Waals surface area contributed by atoms with E-state index in [1.54, 1.807) is 24.2 Å². The van der Waals surface area contributed by atoms with Crippen LogP contribution >= 0.6 is 24.8 Å². The third-order valence-corrected chi connectivity index (χ3v) is 6.98. The summed E-state index contributed by atoms with van der Waals surface area (Å²) in [5, 5.41) is 9.93. The van der Waals surface area contributed by atoms with Crippen LogP contribution in [-0.2, 0) is 22.7 Å². The first-order valence-electron chi connectivity index (χ1n) is 13.4. The second-order valence-electron chi connectivity index (χ2n) is 10.3. The summed E-state index contributed by atoms with van der Waals surface area (Å²) in [6.07, 6.45) is 0. The lowest BCUT2D eigenvalue weighted by atomic mass is 10.0. The zero-order valence-corrected chi connectivity index (χ0v) is 25.7. The van der Waals surface area contributed by atoms with E-state index < -0.39 is 0 Å². The summed E-state index contributed by atoms with van der Waals surface area (Å²) in [5.74, 6) is -0.526. The summed E-state index contributed by atoms with van der Waals surface area (Å²) in [6, 6.07) is 20.8. The van der Waals surface area contributed by atoms with Crippen LogP contribution < -0.4 is 15.5 Å². The van der Waals surface area contributed by atoms with E-state index >= 15 is 0 Å². The van der Waals surface area contributed by atoms with Crippen molar-refractivity contribution >= 4 is 42.3 Å². The molecule has 1 aliphatic rings. The maximum Gasteiger partial charge on any atom is 0.256 e. The van der Waals surface area contributed by atoms with Crippen molar-refractivity contribution in [2.24, 2.45) is 0 Å². The molecule has 41 heavy (non-hydrogen) atoms. The van der Waals surface area contributed by atoms with Gasteiger partial charge in [-0.15, -0.1) is 24.8 Å². The predicted octanol–water partition coefficient (Wildman–Crippen LogP) is 4.95. The standard InChI is InChI=1S/C31H38FN5O2.2ClH/c1-22(2)33-15-16-34-30(38)20-36(21-31(39)35(4)37-18-26-7-5-6-8-27(26)19-37)29-14-11-25(17-23(29)3)24-9-12-28(32)13-10-24;;/h5-14,17,22,33H,15-16,18-21H2,1-4H3,(H,34,38);2*1H. The van der Waals surface area contributed by atoms with Gasteiger partial charge in [0.25, 0.3) is 5.91 Å². The Morgan fingerprint density at radius 1 is 0.902 bits per heavy atom. The molecular formula is C31H40Cl2FN5O2. The number of hydrogen-bond acceptors (Lipinski definition) is 5. The number of rotatable bonds is 11. The van der Waals surface area contributed by atoms with Crippen molar-refractivity contribution in [1.29, 1.82) is 0 Å². The number of aryl methyl sites for hydroxylation is 1. The topological polar surface area (TPSA) is 67.9 Å². The first kappa shape index (κ1) is 34.0. The van der Waals surface area contributed by atoms with Crippen LogP contribution in [0.15, 0.2) is 66.7 Å². The molecule has 0 unspecified atom stereocenters. The van der Waals surface area contributed by atoms with Crippen molar-refractivity contribution in [2.75, 3.05) is 38.1 Å². The van der Waals surface area contributed by atoms with Crippen molar-refractivity contribution in [3.05, 3.63) is 89.2 Å². The van der Waals surface area contributed by atoms with E-state index in [1.807, 2.05) is 47.2 Å². The molecule has 2 amide bonds. The molecule has 0 saturated carbocycles. The fourth-order valence-electron chi connectivity index (χ4n) is 4.80. The summed E-state index contributed by atoms with van der Waals surface area (Å²) < 4.78 is 13.4. The normalized spacial score (nSPS) is 12.2. The van der Waals surface area contributed by atoms with Gasteiger partial charge in [-0.2, -0.15) is 0 Å². The summed E-state index contributed by atoms with van der Waals surface area (Å²) in [5.41, 5.74) is 6.01. The van der Waals surface area contributed by atoms with E-state index in [9.17, 15) is 14.0 Å². The summed E-state index contributed by atoms with van der Waals surface area (Å²) in [6.45, 7) is 8.71. The lowest BCUT2D eigenvalue weighted by Gasteiger charge is -2.32. The van der Waals surface area contributed by atoms with Gasteiger partial charge in [-0.25, -0.2) is 9.40 Å². The van der Waals surface area contributed by atoms with Gasteiger partial charge in [-0.1, -0.05) is 56.3 Å². The number of carbonyl (C=O) groups is 2. The van der Waals surface area contributed by atoms with Crippen LogP contribution in [-0.4, -0.2) is 61.1 Å². The van der Waals surface area contributed by atoms with Crippen molar-refractivity contribution in [3.63, 3.8) is 0 Å². The van der Waals surface area contributed by atoms with Gasteiger partial charge in [0.15, 0.2) is 0 Å². The van der Waals surface area contributed by atoms with Crippen LogP contribution in [0.4, 0.5) is 10.1 Å². The second kappa shape index (κ2) is 15.7. The van der Waals surface area contributed by atoms with Gasteiger partial charge in [-0.3, -0.25) is 14.6 Å². The lowest BCUT2D eigenvalue weighted by molar-refractivity contribution is -0.145. The number of benzene rings is 3. The number of halogens is 3. The molecule has 0 bridgehead atoms. The molecule has 0 aliphatic carbocycles. The quantitative estimate of drug-likeness (QED) is 0.303. The SMILES string of the molecule is Cc1cc(-c2ccc(F)cc2)ccc1N(CC(=O)NCCNC(C)C)CC(=O)N(C)N1Cc2ccccc2C1.Cl.Cl. The molecule has 3 aromatic carbocycles. The Labute approximate surface area is 254 Å². The third kappa shape index (κ3) is 9.16. The molecule has 0 radical (unpaired) electrons. The monoisotopic (exact) mass is 603 g/mol. The first-order valence-corrected chi connectivity index (χ1v) is 13.4. The van der Waals surface area contributed by atoms with Crippen LogP contribution in [0.1, 0.15) is 30.5 Å². The van der Waals surface area contributed by atoms with Crippen LogP contribution in [0.2, 0.25) is 0 Å². The molecule has 1 aliphatic heterocycles. The van der Waals surface area contributed by atoms with E-state index in [0.29, 0.717) is 32.2 Å². The molecule has 0 saturated heterocycles. The predicted molar refractivity (Wildman–Crippen MR) is 168 cm³/mol. The Bertz CT molecular complexity index is 1280. The Morgan fingerprint density at radius 3 is 2.10 bits per heavy atom. The summed E-state index contributed by atoms with van der Waals surface area (Å²) in [4.78, 5) is 28.2. The number of likely N-dealkylation sites (N-methyl/N-ethyl adjacent to an activating group) is 1. The molecule has 2 N–H and O–H groups in total. The fourth-order valence-corrected chi connectivity index (χ4v) is 4.80. The highest BCUT2D eigenvalue weighted by Gasteiger charge is 2.27. The number of hydrazine groups is 1. The average molecular weight is 605 g/mol. The van der Waals surface area contributed by atoms with Crippen LogP contribution in [0.25, 0.3) is 11.1 Å². The lowest BCUT2D eigenvalue weighted by Crippen LogP contribution is -2.48. The van der Waals surface area contributed by atoms with Crippen LogP contribution in [0.3, 0.4) is 0 Å². The summed E-state index contributed by atoms with van der Waals surface area (Å²) in [7, 11) is 1.79. The molecule has 7 nitrogen and oxygen atoms in total. The van der Waals surface area contributed by atoms with Gasteiger partial charge in [-0.05, 0) is 59.0 Å². The number of anilines is 1. The minimum atomic E-state index is -0.281. The molecule has 4 rings (SSSR count). The fraction of sp³-hybridized carbons (Fsp3) is 0.355. The van der Waals surface area contributed by atoms with Crippen molar-refractivity contribution in [2.45, 2.75) is 39.9 Å². The zero-order valence-electron chi connectivity index (χ0n) is 24.0. The number of nitrogens with one attached hydrogen (secondary N) is 2. The van der Waals surface area contributed by atoms with Gasteiger partial charge in [0.2, 0.25) is 5.91 Å². The van der Waals surface area contributed by atoms with Crippen molar-refractivity contribution in [1.82, 2.24) is 20.7 Å². The Balaban J connectivity index is 0.00000294. The highest BCUT2D eigenvalue weighted by atomic mass is 35.5. The minimum Gasteiger partial charge on any atom is -0.353 e. The maximum absolute atomic E-state index is 13.5. The third-order valence-electron chi connectivity index (χ3n) is 6.98. The number of nitrogens with zero attached hydrogens (tertiary/aromatic N) is 3. The highest BCUT2D eigenvalue weighted by molar-refractivity contribution is 5.87. The number of amides is 2. The molecule has 222 valence electrons. The molecule has 0 atom stereocenters. The molecule has 3 aromatic rings. The Morgan fingerprint density at radius 2 is 1.51 bits per heavy atom. The van der Waals surface area contributed by atoms with Gasteiger partial charge in [0.05, 0.1) is 13.1 Å². The van der Waals surface area contributed by atoms with Crippen LogP contribution in [0.5, 0.6) is 0 Å². The van der Waals surface area contributed by atoms with E-state index in [2.05, 4.69) is 36.6 Å². The molecule has 0 spiro atoms. The van der Waals surface area contributed by atoms with Gasteiger partial charge in [0, 0.05) is 45.0 Å². The van der Waals surface area contributed by atoms with E-state index in [1.165, 1.54) is 23.3 Å². The molecular weight excluding hydrogens is 564 g/mol. The van der Waals surface area contributed by atoms with E-state index in [4.69, 9.17) is 0 Å². The van der Waals surface area contributed by atoms with Gasteiger partial charge < -0.3 is 15.5 Å². The number of fused-ring (bicyclic) bond motifs is 1. The van der Waals surface area contributed by atoms with E-state index in [0.717, 1.165) is 22.4 Å². The Hall–Kier alpha value is -3.17. The molecule has 0 aromatic heterocycles. The Kier molecular flexibility index (Phi) is 13.1. The average Bonchev–Trinajstić information content (AvgIpc) is 3.35. The molecule has 10 heteroatoms. The van der Waals surface area contributed by atoms with Gasteiger partial charge >= 0.3 is 0 Å². The zero-order chi connectivity index (χ0) is 27.9. The van der Waals surface area contributed by atoms with Crippen molar-refractivity contribution in [3.8, 4) is 11.1 Å². The maximum atomic E-state index is 13.5. The highest BCUT2D eigenvalue weighted by Crippen LogP contribution is 2.28. The number of carbonyl (C=O) groups excluding carboxylic acids is 2. The largest absolute Gasteiger partial charge is 0.353 e. The van der Waals surface area contributed by atoms with E-state index in [-0.39, 0.29) is 55.5 Å². The second-order valence-corrected chi connectivity index (χ2v) is 10.3. The molecule has 0 fully saturated rings. The van der Waals surface area contributed by atoms with Crippen molar-refractivity contribution < 1.29 is 14.0 Å².